The number of hydrogen-bond acceptors (Lipinski definition) is 10. The molecule has 0 radical (unpaired) electrons. The largest absolute Gasteiger partial charge is 0.528 e. The van der Waals surface area contributed by atoms with E-state index in [1.54, 1.807) is 49.9 Å². The van der Waals surface area contributed by atoms with Gasteiger partial charge in [-0.25, -0.2) is 4.79 Å². The molecule has 0 aliphatic carbocycles. The summed E-state index contributed by atoms with van der Waals surface area (Å²) in [6, 6.07) is 5.64. The highest BCUT2D eigenvalue weighted by Gasteiger charge is 2.42. The van der Waals surface area contributed by atoms with E-state index in [0.29, 0.717) is 24.5 Å². The summed E-state index contributed by atoms with van der Waals surface area (Å²) in [5, 5.41) is 3.77. The van der Waals surface area contributed by atoms with Gasteiger partial charge in [-0.15, -0.1) is 5.06 Å². The van der Waals surface area contributed by atoms with Crippen molar-refractivity contribution in [3.05, 3.63) is 24.3 Å². The number of hydrogen-bond donors (Lipinski definition) is 1. The van der Waals surface area contributed by atoms with Crippen LogP contribution in [0.4, 0.5) is 16.2 Å². The van der Waals surface area contributed by atoms with Gasteiger partial charge in [0.1, 0.15) is 18.2 Å². The van der Waals surface area contributed by atoms with Gasteiger partial charge in [-0.3, -0.25) is 13.8 Å². The average Bonchev–Trinajstić information content (AvgIpc) is 3.08. The van der Waals surface area contributed by atoms with Gasteiger partial charge in [0, 0.05) is 24.3 Å². The second-order valence-electron chi connectivity index (χ2n) is 8.96. The molecule has 3 rings (SSSR count). The van der Waals surface area contributed by atoms with Crippen molar-refractivity contribution in [2.24, 2.45) is 0 Å². The molecule has 0 saturated carbocycles. The number of nitrogens with one attached hydrogen (secondary N) is 1. The molecule has 34 heavy (non-hydrogen) atoms. The molecule has 13 heteroatoms. The maximum atomic E-state index is 13.0. The number of anilines is 2. The van der Waals surface area contributed by atoms with Gasteiger partial charge >= 0.3 is 6.16 Å². The summed E-state index contributed by atoms with van der Waals surface area (Å²) in [6.45, 7) is 5.73. The van der Waals surface area contributed by atoms with Crippen LogP contribution in [0.15, 0.2) is 24.3 Å². The lowest BCUT2D eigenvalue weighted by molar-refractivity contribution is -0.160. The third-order valence-electron chi connectivity index (χ3n) is 4.84. The van der Waals surface area contributed by atoms with Crippen LogP contribution in [0.3, 0.4) is 0 Å². The molecule has 0 unspecified atom stereocenters. The molecule has 1 N–H and O–H groups in total. The molecule has 2 heterocycles. The van der Waals surface area contributed by atoms with Crippen LogP contribution in [0.2, 0.25) is 0 Å². The molecule has 0 aromatic heterocycles. The highest BCUT2D eigenvalue weighted by Crippen LogP contribution is 2.25. The lowest BCUT2D eigenvalue weighted by Crippen LogP contribution is -2.42. The predicted octanol–water partition coefficient (Wildman–Crippen LogP) is 1.27. The van der Waals surface area contributed by atoms with Gasteiger partial charge in [0.25, 0.3) is 16.0 Å². The molecule has 2 saturated heterocycles. The third-order valence-corrected chi connectivity index (χ3v) is 5.47. The Balaban J connectivity index is 1.69. The Morgan fingerprint density at radius 1 is 1.18 bits per heavy atom. The highest BCUT2D eigenvalue weighted by molar-refractivity contribution is 7.86. The van der Waals surface area contributed by atoms with Crippen molar-refractivity contribution in [3.63, 3.8) is 0 Å². The van der Waals surface area contributed by atoms with Crippen molar-refractivity contribution in [2.75, 3.05) is 42.8 Å². The van der Waals surface area contributed by atoms with Crippen LogP contribution in [0.1, 0.15) is 27.2 Å². The second-order valence-corrected chi connectivity index (χ2v) is 10.6. The van der Waals surface area contributed by atoms with Gasteiger partial charge in [-0.1, -0.05) is 0 Å². The number of carbonyl (C=O) groups excluding carboxylic acids is 3. The Hall–Kier alpha value is -2.74. The van der Waals surface area contributed by atoms with Gasteiger partial charge in [0.2, 0.25) is 5.91 Å². The molecule has 0 bridgehead atoms. The van der Waals surface area contributed by atoms with Crippen molar-refractivity contribution >= 4 is 39.5 Å². The van der Waals surface area contributed by atoms with Crippen LogP contribution in [-0.4, -0.2) is 81.8 Å². The molecule has 1 aromatic rings. The van der Waals surface area contributed by atoms with Gasteiger partial charge in [-0.2, -0.15) is 8.42 Å². The number of benzene rings is 1. The van der Waals surface area contributed by atoms with Gasteiger partial charge in [0.15, 0.2) is 0 Å². The molecule has 2 aliphatic rings. The Morgan fingerprint density at radius 3 is 2.44 bits per heavy atom. The molecule has 2 atom stereocenters. The van der Waals surface area contributed by atoms with E-state index in [0.717, 1.165) is 11.3 Å². The molecular weight excluding hydrogens is 470 g/mol. The summed E-state index contributed by atoms with van der Waals surface area (Å²) in [4.78, 5) is 43.9. The SMILES string of the molecule is CC(C)(C)OC(=O)ON1C[C@H](OS(C)(=O)=O)C[C@@H]1C(=O)Nc1ccc(N2CCOCC2=O)cc1. The summed E-state index contributed by atoms with van der Waals surface area (Å²) in [7, 11) is -3.79. The predicted molar refractivity (Wildman–Crippen MR) is 120 cm³/mol. The van der Waals surface area contributed by atoms with E-state index < -0.39 is 39.9 Å². The zero-order valence-corrected chi connectivity index (χ0v) is 20.3. The first-order valence-electron chi connectivity index (χ1n) is 10.7. The quantitative estimate of drug-likeness (QED) is 0.449. The molecular formula is C21H29N3O9S. The van der Waals surface area contributed by atoms with E-state index in [4.69, 9.17) is 18.5 Å². The second kappa shape index (κ2) is 10.3. The van der Waals surface area contributed by atoms with Crippen molar-refractivity contribution in [1.29, 1.82) is 0 Å². The van der Waals surface area contributed by atoms with Crippen molar-refractivity contribution < 1.29 is 41.3 Å². The fourth-order valence-corrected chi connectivity index (χ4v) is 4.16. The van der Waals surface area contributed by atoms with Crippen LogP contribution in [0, 0.1) is 0 Å². The first-order valence-corrected chi connectivity index (χ1v) is 12.5. The third kappa shape index (κ3) is 7.38. The standard InChI is InChI=1S/C21H29N3O9S/c1-21(2,3)31-20(27)32-24-12-16(33-34(4,28)29)11-17(24)19(26)22-14-5-7-15(8-6-14)23-9-10-30-13-18(23)25/h5-8,16-17H,9-13H2,1-4H3,(H,22,26)/t16-,17-/m1/s1. The van der Waals surface area contributed by atoms with Crippen LogP contribution < -0.4 is 10.2 Å². The summed E-state index contributed by atoms with van der Waals surface area (Å²) in [5.41, 5.74) is 0.295. The Morgan fingerprint density at radius 2 is 1.85 bits per heavy atom. The number of rotatable bonds is 6. The molecule has 2 amide bonds. The van der Waals surface area contributed by atoms with E-state index in [1.807, 2.05) is 0 Å². The summed E-state index contributed by atoms with van der Waals surface area (Å²) in [6.07, 6.45) is -1.03. The van der Waals surface area contributed by atoms with E-state index in [1.165, 1.54) is 0 Å². The van der Waals surface area contributed by atoms with E-state index in [-0.39, 0.29) is 25.5 Å². The lowest BCUT2D eigenvalue weighted by Gasteiger charge is -2.27. The normalized spacial score (nSPS) is 21.9. The highest BCUT2D eigenvalue weighted by atomic mass is 32.2. The number of morpholine rings is 1. The molecule has 2 fully saturated rings. The van der Waals surface area contributed by atoms with Crippen molar-refractivity contribution in [2.45, 2.75) is 44.9 Å². The smallest absolute Gasteiger partial charge is 0.427 e. The topological polar surface area (TPSA) is 141 Å². The van der Waals surface area contributed by atoms with Gasteiger partial charge in [0.05, 0.1) is 25.5 Å². The maximum Gasteiger partial charge on any atom is 0.528 e. The fourth-order valence-electron chi connectivity index (χ4n) is 3.53. The van der Waals surface area contributed by atoms with E-state index in [9.17, 15) is 22.8 Å². The van der Waals surface area contributed by atoms with Crippen LogP contribution in [0.25, 0.3) is 0 Å². The maximum absolute atomic E-state index is 13.0. The van der Waals surface area contributed by atoms with Crippen molar-refractivity contribution in [1.82, 2.24) is 5.06 Å². The minimum atomic E-state index is -3.79. The zero-order valence-electron chi connectivity index (χ0n) is 19.5. The minimum absolute atomic E-state index is 0.0182. The number of amides is 2. The van der Waals surface area contributed by atoms with Crippen LogP contribution in [-0.2, 0) is 38.2 Å². The van der Waals surface area contributed by atoms with Crippen LogP contribution in [0.5, 0.6) is 0 Å². The monoisotopic (exact) mass is 499 g/mol. The Kier molecular flexibility index (Phi) is 7.81. The Bertz CT molecular complexity index is 1020. The number of ether oxygens (including phenoxy) is 2. The molecule has 2 aliphatic heterocycles. The molecule has 188 valence electrons. The minimum Gasteiger partial charge on any atom is -0.427 e. The first-order chi connectivity index (χ1) is 15.8. The zero-order chi connectivity index (χ0) is 25.1. The summed E-state index contributed by atoms with van der Waals surface area (Å²) >= 11 is 0. The summed E-state index contributed by atoms with van der Waals surface area (Å²) < 4.78 is 38.4. The summed E-state index contributed by atoms with van der Waals surface area (Å²) in [5.74, 6) is -0.681. The van der Waals surface area contributed by atoms with E-state index in [2.05, 4.69) is 5.32 Å². The van der Waals surface area contributed by atoms with Crippen LogP contribution >= 0.6 is 0 Å². The fraction of sp³-hybridized carbons (Fsp3) is 0.571. The molecule has 1 aromatic carbocycles. The lowest BCUT2D eigenvalue weighted by atomic mass is 10.2. The van der Waals surface area contributed by atoms with Crippen molar-refractivity contribution in [3.8, 4) is 0 Å². The number of nitrogens with zero attached hydrogens (tertiary/aromatic N) is 2. The average molecular weight is 500 g/mol. The molecule has 12 nitrogen and oxygen atoms in total. The van der Waals surface area contributed by atoms with Gasteiger partial charge < -0.3 is 24.5 Å². The van der Waals surface area contributed by atoms with E-state index >= 15 is 0 Å². The number of hydroxylamine groups is 2. The Labute approximate surface area is 198 Å². The molecule has 0 spiro atoms. The first kappa shape index (κ1) is 25.9. The number of carbonyl (C=O) groups is 3. The van der Waals surface area contributed by atoms with Gasteiger partial charge in [-0.05, 0) is 45.0 Å².